The molecule has 0 saturated carbocycles. The second-order valence-corrected chi connectivity index (χ2v) is 6.43. The summed E-state index contributed by atoms with van der Waals surface area (Å²) in [5.41, 5.74) is 0.880. The third-order valence-corrected chi connectivity index (χ3v) is 4.92. The van der Waals surface area contributed by atoms with Gasteiger partial charge in [-0.15, -0.1) is 0 Å². The van der Waals surface area contributed by atoms with E-state index in [1.165, 1.54) is 44.2 Å². The predicted molar refractivity (Wildman–Crippen MR) is 80.0 cm³/mol. The van der Waals surface area contributed by atoms with Gasteiger partial charge in [-0.1, -0.05) is 13.0 Å². The zero-order valence-electron chi connectivity index (χ0n) is 12.6. The maximum absolute atomic E-state index is 13.3. The van der Waals surface area contributed by atoms with Crippen LogP contribution in [0.1, 0.15) is 44.6 Å². The third-order valence-electron chi connectivity index (χ3n) is 4.92. The molecule has 2 saturated heterocycles. The van der Waals surface area contributed by atoms with Gasteiger partial charge in [0, 0.05) is 24.7 Å². The number of nitrogens with one attached hydrogen (secondary N) is 1. The van der Waals surface area contributed by atoms with E-state index in [2.05, 4.69) is 17.1 Å². The van der Waals surface area contributed by atoms with Gasteiger partial charge in [-0.3, -0.25) is 4.90 Å². The standard InChI is InChI=1S/C17H24F2N2/c1-2-7-20-13-9-14-4-5-15(10-13)21(14)11-12-3-6-16(18)17(19)8-12/h3,6,8,13-15,20H,2,4-5,7,9-11H2,1H3. The fraction of sp³-hybridized carbons (Fsp3) is 0.647. The molecule has 2 nitrogen and oxygen atoms in total. The Kier molecular flexibility index (Phi) is 4.55. The van der Waals surface area contributed by atoms with E-state index >= 15 is 0 Å². The average molecular weight is 294 g/mol. The molecule has 0 radical (unpaired) electrons. The van der Waals surface area contributed by atoms with E-state index in [1.807, 2.05) is 0 Å². The molecular weight excluding hydrogens is 270 g/mol. The molecule has 0 amide bonds. The Labute approximate surface area is 125 Å². The molecule has 2 aliphatic rings. The summed E-state index contributed by atoms with van der Waals surface area (Å²) in [5, 5.41) is 3.64. The first kappa shape index (κ1) is 14.9. The summed E-state index contributed by atoms with van der Waals surface area (Å²) in [6, 6.07) is 6.10. The maximum atomic E-state index is 13.3. The highest BCUT2D eigenvalue weighted by Crippen LogP contribution is 2.36. The fourth-order valence-electron chi connectivity index (χ4n) is 3.90. The van der Waals surface area contributed by atoms with Gasteiger partial charge in [0.05, 0.1) is 0 Å². The van der Waals surface area contributed by atoms with Crippen LogP contribution in [0.15, 0.2) is 18.2 Å². The number of hydrogen-bond acceptors (Lipinski definition) is 2. The summed E-state index contributed by atoms with van der Waals surface area (Å²) in [6.45, 7) is 4.03. The lowest BCUT2D eigenvalue weighted by molar-refractivity contribution is 0.109. The molecule has 2 atom stereocenters. The zero-order chi connectivity index (χ0) is 14.8. The Morgan fingerprint density at radius 3 is 2.48 bits per heavy atom. The Morgan fingerprint density at radius 2 is 1.86 bits per heavy atom. The van der Waals surface area contributed by atoms with Crippen molar-refractivity contribution in [3.8, 4) is 0 Å². The van der Waals surface area contributed by atoms with Gasteiger partial charge in [-0.2, -0.15) is 0 Å². The molecule has 2 unspecified atom stereocenters. The number of hydrogen-bond donors (Lipinski definition) is 1. The molecule has 0 aromatic heterocycles. The topological polar surface area (TPSA) is 15.3 Å². The second-order valence-electron chi connectivity index (χ2n) is 6.43. The first-order chi connectivity index (χ1) is 10.2. The van der Waals surface area contributed by atoms with Crippen molar-refractivity contribution in [2.45, 2.75) is 63.7 Å². The minimum atomic E-state index is -0.760. The minimum Gasteiger partial charge on any atom is -0.314 e. The van der Waals surface area contributed by atoms with Gasteiger partial charge < -0.3 is 5.32 Å². The number of halogens is 2. The van der Waals surface area contributed by atoms with Crippen LogP contribution in [0.4, 0.5) is 8.78 Å². The number of nitrogens with zero attached hydrogens (tertiary/aromatic N) is 1. The number of benzene rings is 1. The summed E-state index contributed by atoms with van der Waals surface area (Å²) < 4.78 is 26.4. The van der Waals surface area contributed by atoms with Gasteiger partial charge in [-0.25, -0.2) is 8.78 Å². The molecular formula is C17H24F2N2. The molecule has 116 valence electrons. The Morgan fingerprint density at radius 1 is 1.14 bits per heavy atom. The van der Waals surface area contributed by atoms with Gasteiger partial charge in [0.2, 0.25) is 0 Å². The van der Waals surface area contributed by atoms with Crippen molar-refractivity contribution in [2.24, 2.45) is 0 Å². The van der Waals surface area contributed by atoms with Crippen LogP contribution in [0.25, 0.3) is 0 Å². The quantitative estimate of drug-likeness (QED) is 0.894. The molecule has 21 heavy (non-hydrogen) atoms. The number of rotatable bonds is 5. The molecule has 2 aliphatic heterocycles. The Bertz CT molecular complexity index is 478. The molecule has 2 heterocycles. The second kappa shape index (κ2) is 6.41. The van der Waals surface area contributed by atoms with E-state index < -0.39 is 11.6 Å². The SMILES string of the molecule is CCCNC1CC2CCC(C1)N2Cc1ccc(F)c(F)c1. The summed E-state index contributed by atoms with van der Waals surface area (Å²) in [5.74, 6) is -1.50. The molecule has 3 rings (SSSR count). The van der Waals surface area contributed by atoms with Crippen LogP contribution in [0.5, 0.6) is 0 Å². The van der Waals surface area contributed by atoms with Crippen LogP contribution in [0.3, 0.4) is 0 Å². The van der Waals surface area contributed by atoms with Crippen LogP contribution in [0, 0.1) is 11.6 Å². The highest BCUT2D eigenvalue weighted by Gasteiger charge is 2.40. The molecule has 1 N–H and O–H groups in total. The van der Waals surface area contributed by atoms with Crippen molar-refractivity contribution in [1.82, 2.24) is 10.2 Å². The highest BCUT2D eigenvalue weighted by atomic mass is 19.2. The lowest BCUT2D eigenvalue weighted by Crippen LogP contribution is -2.48. The first-order valence-electron chi connectivity index (χ1n) is 8.10. The van der Waals surface area contributed by atoms with E-state index in [1.54, 1.807) is 6.07 Å². The maximum Gasteiger partial charge on any atom is 0.159 e. The van der Waals surface area contributed by atoms with Gasteiger partial charge in [0.15, 0.2) is 11.6 Å². The third kappa shape index (κ3) is 3.27. The molecule has 0 aliphatic carbocycles. The van der Waals surface area contributed by atoms with Crippen LogP contribution in [-0.2, 0) is 6.54 Å². The summed E-state index contributed by atoms with van der Waals surface area (Å²) >= 11 is 0. The largest absolute Gasteiger partial charge is 0.314 e. The van der Waals surface area contributed by atoms with Crippen LogP contribution in [0.2, 0.25) is 0 Å². The van der Waals surface area contributed by atoms with E-state index in [0.29, 0.717) is 18.1 Å². The Hall–Kier alpha value is -1.00. The lowest BCUT2D eigenvalue weighted by Gasteiger charge is -2.39. The van der Waals surface area contributed by atoms with Gasteiger partial charge >= 0.3 is 0 Å². The highest BCUT2D eigenvalue weighted by molar-refractivity contribution is 5.18. The minimum absolute atomic E-state index is 0.589. The van der Waals surface area contributed by atoms with Crippen molar-refractivity contribution in [2.75, 3.05) is 6.54 Å². The van der Waals surface area contributed by atoms with Gasteiger partial charge in [0.1, 0.15) is 0 Å². The first-order valence-corrected chi connectivity index (χ1v) is 8.10. The predicted octanol–water partition coefficient (Wildman–Crippen LogP) is 3.46. The van der Waals surface area contributed by atoms with Crippen molar-refractivity contribution in [3.05, 3.63) is 35.4 Å². The number of fused-ring (bicyclic) bond motifs is 2. The van der Waals surface area contributed by atoms with E-state index in [4.69, 9.17) is 0 Å². The average Bonchev–Trinajstić information content (AvgIpc) is 2.71. The normalized spacial score (nSPS) is 29.0. The molecule has 1 aromatic rings. The van der Waals surface area contributed by atoms with E-state index in [0.717, 1.165) is 18.7 Å². The zero-order valence-corrected chi connectivity index (χ0v) is 12.6. The summed E-state index contributed by atoms with van der Waals surface area (Å²) in [7, 11) is 0. The molecule has 0 spiro atoms. The number of piperidine rings is 1. The van der Waals surface area contributed by atoms with Crippen LogP contribution >= 0.6 is 0 Å². The van der Waals surface area contributed by atoms with Crippen molar-refractivity contribution in [1.29, 1.82) is 0 Å². The Balaban J connectivity index is 1.63. The molecule has 2 fully saturated rings. The fourth-order valence-corrected chi connectivity index (χ4v) is 3.90. The van der Waals surface area contributed by atoms with Crippen molar-refractivity contribution in [3.63, 3.8) is 0 Å². The monoisotopic (exact) mass is 294 g/mol. The smallest absolute Gasteiger partial charge is 0.159 e. The van der Waals surface area contributed by atoms with Crippen LogP contribution in [-0.4, -0.2) is 29.6 Å². The lowest BCUT2D eigenvalue weighted by atomic mass is 9.96. The summed E-state index contributed by atoms with van der Waals surface area (Å²) in [6.07, 6.45) is 6.00. The van der Waals surface area contributed by atoms with Crippen LogP contribution < -0.4 is 5.32 Å². The molecule has 4 heteroatoms. The molecule has 1 aromatic carbocycles. The molecule has 2 bridgehead atoms. The van der Waals surface area contributed by atoms with Crippen molar-refractivity contribution < 1.29 is 8.78 Å². The van der Waals surface area contributed by atoms with Crippen molar-refractivity contribution >= 4 is 0 Å². The van der Waals surface area contributed by atoms with E-state index in [9.17, 15) is 8.78 Å². The van der Waals surface area contributed by atoms with E-state index in [-0.39, 0.29) is 0 Å². The summed E-state index contributed by atoms with van der Waals surface area (Å²) in [4.78, 5) is 2.50. The van der Waals surface area contributed by atoms with Gasteiger partial charge in [0.25, 0.3) is 0 Å². The van der Waals surface area contributed by atoms with Gasteiger partial charge in [-0.05, 0) is 56.3 Å².